The van der Waals surface area contributed by atoms with Crippen LogP contribution in [0, 0.1) is 0 Å². The van der Waals surface area contributed by atoms with Gasteiger partial charge < -0.3 is 10.4 Å². The molecule has 0 spiro atoms. The van der Waals surface area contributed by atoms with Gasteiger partial charge in [0.05, 0.1) is 0 Å². The van der Waals surface area contributed by atoms with Crippen LogP contribution < -0.4 is 5.32 Å². The zero-order valence-electron chi connectivity index (χ0n) is 9.38. The summed E-state index contributed by atoms with van der Waals surface area (Å²) in [6, 6.07) is 0.147. The maximum atomic E-state index is 11.4. The quantitative estimate of drug-likeness (QED) is 0.589. The van der Waals surface area contributed by atoms with Crippen molar-refractivity contribution in [1.29, 1.82) is 0 Å². The summed E-state index contributed by atoms with van der Waals surface area (Å²) in [5, 5.41) is 11.7. The number of aliphatic hydroxyl groups is 1. The van der Waals surface area contributed by atoms with Gasteiger partial charge in [0.15, 0.2) is 0 Å². The minimum Gasteiger partial charge on any atom is -0.396 e. The Balaban J connectivity index is 3.56. The van der Waals surface area contributed by atoms with Crippen LogP contribution in [0.25, 0.3) is 0 Å². The third-order valence-corrected chi connectivity index (χ3v) is 2.34. The second-order valence-electron chi connectivity index (χ2n) is 3.64. The van der Waals surface area contributed by atoms with E-state index < -0.39 is 0 Å². The molecule has 0 bridgehead atoms. The van der Waals surface area contributed by atoms with E-state index in [9.17, 15) is 4.79 Å². The molecule has 0 heterocycles. The van der Waals surface area contributed by atoms with E-state index in [-0.39, 0.29) is 18.6 Å². The largest absolute Gasteiger partial charge is 0.396 e. The summed E-state index contributed by atoms with van der Waals surface area (Å²) in [4.78, 5) is 11.4. The van der Waals surface area contributed by atoms with E-state index in [1.54, 1.807) is 0 Å². The van der Waals surface area contributed by atoms with Crippen LogP contribution >= 0.6 is 0 Å². The molecule has 0 aromatic carbocycles. The van der Waals surface area contributed by atoms with Crippen LogP contribution in [-0.4, -0.2) is 23.7 Å². The van der Waals surface area contributed by atoms with Crippen LogP contribution in [0.1, 0.15) is 52.4 Å². The maximum Gasteiger partial charge on any atom is 0.220 e. The Morgan fingerprint density at radius 1 is 1.36 bits per heavy atom. The van der Waals surface area contributed by atoms with Gasteiger partial charge in [0.2, 0.25) is 5.91 Å². The van der Waals surface area contributed by atoms with Gasteiger partial charge in [-0.25, -0.2) is 0 Å². The van der Waals surface area contributed by atoms with Crippen molar-refractivity contribution in [2.24, 2.45) is 0 Å². The molecule has 0 aliphatic heterocycles. The van der Waals surface area contributed by atoms with Crippen LogP contribution in [0.4, 0.5) is 0 Å². The fourth-order valence-corrected chi connectivity index (χ4v) is 1.37. The summed E-state index contributed by atoms with van der Waals surface area (Å²) < 4.78 is 0. The zero-order chi connectivity index (χ0) is 10.8. The second-order valence-corrected chi connectivity index (χ2v) is 3.64. The lowest BCUT2D eigenvalue weighted by Gasteiger charge is -2.15. The average molecular weight is 201 g/mol. The van der Waals surface area contributed by atoms with Gasteiger partial charge in [0.1, 0.15) is 0 Å². The Morgan fingerprint density at radius 3 is 2.57 bits per heavy atom. The highest BCUT2D eigenvalue weighted by molar-refractivity contribution is 5.76. The lowest BCUT2D eigenvalue weighted by Crippen LogP contribution is -2.34. The molecule has 0 saturated carbocycles. The number of carbonyl (C=O) groups excluding carboxylic acids is 1. The molecule has 0 aromatic heterocycles. The lowest BCUT2D eigenvalue weighted by atomic mass is 10.1. The molecule has 0 aromatic rings. The summed E-state index contributed by atoms with van der Waals surface area (Å²) in [5.41, 5.74) is 0. The zero-order valence-corrected chi connectivity index (χ0v) is 9.38. The van der Waals surface area contributed by atoms with Gasteiger partial charge in [-0.3, -0.25) is 4.79 Å². The number of hydrogen-bond donors (Lipinski definition) is 2. The van der Waals surface area contributed by atoms with E-state index in [0.29, 0.717) is 12.8 Å². The Labute approximate surface area is 86.9 Å². The van der Waals surface area contributed by atoms with E-state index in [1.807, 2.05) is 6.92 Å². The standard InChI is InChI=1S/C11H23NO2/c1-3-5-6-7-11(14)12-10(4-2)8-9-13/h10,13H,3-9H2,1-2H3,(H,12,14). The predicted molar refractivity (Wildman–Crippen MR) is 58.1 cm³/mol. The molecule has 0 radical (unpaired) electrons. The molecule has 0 fully saturated rings. The maximum absolute atomic E-state index is 11.4. The Kier molecular flexibility index (Phi) is 8.64. The topological polar surface area (TPSA) is 49.3 Å². The normalized spacial score (nSPS) is 12.5. The highest BCUT2D eigenvalue weighted by Gasteiger charge is 2.08. The smallest absolute Gasteiger partial charge is 0.220 e. The lowest BCUT2D eigenvalue weighted by molar-refractivity contribution is -0.122. The third-order valence-electron chi connectivity index (χ3n) is 2.34. The van der Waals surface area contributed by atoms with Crippen LogP contribution in [0.15, 0.2) is 0 Å². The Bertz CT molecular complexity index is 148. The molecule has 0 aliphatic rings. The molecule has 2 N–H and O–H groups in total. The van der Waals surface area contributed by atoms with Crippen LogP contribution in [-0.2, 0) is 4.79 Å². The first kappa shape index (κ1) is 13.4. The summed E-state index contributed by atoms with van der Waals surface area (Å²) in [7, 11) is 0. The van der Waals surface area contributed by atoms with Crippen molar-refractivity contribution in [3.63, 3.8) is 0 Å². The molecule has 1 atom stereocenters. The Morgan fingerprint density at radius 2 is 2.07 bits per heavy atom. The van der Waals surface area contributed by atoms with Gasteiger partial charge in [-0.1, -0.05) is 26.7 Å². The monoisotopic (exact) mass is 201 g/mol. The average Bonchev–Trinajstić information content (AvgIpc) is 2.17. The van der Waals surface area contributed by atoms with Gasteiger partial charge in [0, 0.05) is 19.1 Å². The van der Waals surface area contributed by atoms with Crippen molar-refractivity contribution in [3.8, 4) is 0 Å². The molecule has 14 heavy (non-hydrogen) atoms. The molecule has 3 nitrogen and oxygen atoms in total. The molecule has 0 saturated heterocycles. The first-order chi connectivity index (χ1) is 6.74. The van der Waals surface area contributed by atoms with E-state index in [4.69, 9.17) is 5.11 Å². The highest BCUT2D eigenvalue weighted by atomic mass is 16.3. The summed E-state index contributed by atoms with van der Waals surface area (Å²) in [5.74, 6) is 0.124. The molecular formula is C11H23NO2. The Hall–Kier alpha value is -0.570. The van der Waals surface area contributed by atoms with Crippen molar-refractivity contribution in [3.05, 3.63) is 0 Å². The summed E-state index contributed by atoms with van der Waals surface area (Å²) >= 11 is 0. The fourth-order valence-electron chi connectivity index (χ4n) is 1.37. The minimum atomic E-state index is 0.124. The molecule has 1 unspecified atom stereocenters. The molecule has 1 amide bonds. The van der Waals surface area contributed by atoms with Gasteiger partial charge in [0.25, 0.3) is 0 Å². The molecule has 0 rings (SSSR count). The van der Waals surface area contributed by atoms with Gasteiger partial charge in [-0.2, -0.15) is 0 Å². The van der Waals surface area contributed by atoms with Gasteiger partial charge in [-0.15, -0.1) is 0 Å². The van der Waals surface area contributed by atoms with Crippen LogP contribution in [0.3, 0.4) is 0 Å². The fraction of sp³-hybridized carbons (Fsp3) is 0.909. The van der Waals surface area contributed by atoms with E-state index >= 15 is 0 Å². The summed E-state index contributed by atoms with van der Waals surface area (Å²) in [6.07, 6.45) is 5.40. The minimum absolute atomic E-state index is 0.124. The van der Waals surface area contributed by atoms with Crippen LogP contribution in [0.2, 0.25) is 0 Å². The number of nitrogens with one attached hydrogen (secondary N) is 1. The van der Waals surface area contributed by atoms with E-state index in [2.05, 4.69) is 12.2 Å². The van der Waals surface area contributed by atoms with Gasteiger partial charge in [-0.05, 0) is 19.3 Å². The van der Waals surface area contributed by atoms with Crippen molar-refractivity contribution in [2.75, 3.05) is 6.61 Å². The molecular weight excluding hydrogens is 178 g/mol. The second kappa shape index (κ2) is 9.00. The number of amides is 1. The molecule has 3 heteroatoms. The predicted octanol–water partition coefficient (Wildman–Crippen LogP) is 1.84. The first-order valence-electron chi connectivity index (χ1n) is 5.64. The molecule has 0 aliphatic carbocycles. The number of rotatable bonds is 8. The highest BCUT2D eigenvalue weighted by Crippen LogP contribution is 2.01. The van der Waals surface area contributed by atoms with Gasteiger partial charge >= 0.3 is 0 Å². The number of carbonyl (C=O) groups is 1. The van der Waals surface area contributed by atoms with Crippen molar-refractivity contribution < 1.29 is 9.90 Å². The third kappa shape index (κ3) is 6.89. The summed E-state index contributed by atoms with van der Waals surface area (Å²) in [6.45, 7) is 4.29. The van der Waals surface area contributed by atoms with Crippen molar-refractivity contribution in [2.45, 2.75) is 58.4 Å². The molecule has 84 valence electrons. The van der Waals surface area contributed by atoms with E-state index in [0.717, 1.165) is 25.7 Å². The first-order valence-corrected chi connectivity index (χ1v) is 5.64. The van der Waals surface area contributed by atoms with E-state index in [1.165, 1.54) is 0 Å². The number of unbranched alkanes of at least 4 members (excludes halogenated alkanes) is 2. The number of aliphatic hydroxyl groups excluding tert-OH is 1. The SMILES string of the molecule is CCCCCC(=O)NC(CC)CCO. The van der Waals surface area contributed by atoms with Crippen molar-refractivity contribution >= 4 is 5.91 Å². The number of hydrogen-bond acceptors (Lipinski definition) is 2. The van der Waals surface area contributed by atoms with Crippen LogP contribution in [0.5, 0.6) is 0 Å². The van der Waals surface area contributed by atoms with Crippen molar-refractivity contribution in [1.82, 2.24) is 5.32 Å².